The van der Waals surface area contributed by atoms with Gasteiger partial charge in [-0.3, -0.25) is 14.5 Å². The molecule has 2 aliphatic rings. The van der Waals surface area contributed by atoms with E-state index in [2.05, 4.69) is 32.9 Å². The van der Waals surface area contributed by atoms with Gasteiger partial charge in [-0.05, 0) is 90.9 Å². The molecule has 9 nitrogen and oxygen atoms in total. The summed E-state index contributed by atoms with van der Waals surface area (Å²) in [5.41, 5.74) is 3.70. The Labute approximate surface area is 256 Å². The van der Waals surface area contributed by atoms with Crippen LogP contribution in [0.2, 0.25) is 0 Å². The molecule has 3 atom stereocenters. The SMILES string of the molecule is CCN(CC)CC(=O)OCCC[C@H](C(=O)O)N1Cc2c(ccc3c2OC(C)(CC/C=C(\C)CCC=C(C)C)[C@@H](O)C3)C1=O. The van der Waals surface area contributed by atoms with Gasteiger partial charge in [0.2, 0.25) is 0 Å². The standard InChI is InChI=1S/C34H50N2O7/c1-7-35(8-2)22-30(38)42-19-11-15-28(33(40)41)36-21-27-26(32(36)39)17-16-25-20-29(37)34(6,43-31(25)27)18-10-14-24(5)13-9-12-23(3)4/h12,14,16-17,28-29,37H,7-11,13,15,18-22H2,1-6H3,(H,40,41)/b24-14+/t28-,29+,34?/m1/s1. The van der Waals surface area contributed by atoms with Crippen LogP contribution in [0.25, 0.3) is 0 Å². The van der Waals surface area contributed by atoms with Crippen LogP contribution in [0.4, 0.5) is 0 Å². The number of likely N-dealkylation sites (N-methyl/N-ethyl adjacent to an activating group) is 1. The van der Waals surface area contributed by atoms with Crippen molar-refractivity contribution in [2.45, 2.75) is 111 Å². The molecule has 238 valence electrons. The molecule has 3 rings (SSSR count). The second kappa shape index (κ2) is 15.5. The van der Waals surface area contributed by atoms with Gasteiger partial charge in [-0.15, -0.1) is 0 Å². The van der Waals surface area contributed by atoms with E-state index >= 15 is 0 Å². The summed E-state index contributed by atoms with van der Waals surface area (Å²) >= 11 is 0. The van der Waals surface area contributed by atoms with Gasteiger partial charge < -0.3 is 24.6 Å². The summed E-state index contributed by atoms with van der Waals surface area (Å²) in [6.07, 6.45) is 7.96. The maximum atomic E-state index is 13.4. The lowest BCUT2D eigenvalue weighted by atomic mass is 9.84. The second-order valence-electron chi connectivity index (χ2n) is 12.2. The largest absolute Gasteiger partial charge is 0.484 e. The number of aliphatic hydroxyl groups is 1. The number of amides is 1. The van der Waals surface area contributed by atoms with Gasteiger partial charge in [-0.1, -0.05) is 43.2 Å². The van der Waals surface area contributed by atoms with Crippen molar-refractivity contribution in [2.24, 2.45) is 0 Å². The van der Waals surface area contributed by atoms with Crippen molar-refractivity contribution in [2.75, 3.05) is 26.2 Å². The van der Waals surface area contributed by atoms with Crippen LogP contribution in [-0.4, -0.2) is 81.8 Å². The van der Waals surface area contributed by atoms with Crippen molar-refractivity contribution in [3.05, 3.63) is 52.1 Å². The number of hydrogen-bond donors (Lipinski definition) is 2. The summed E-state index contributed by atoms with van der Waals surface area (Å²) in [6.45, 7) is 14.0. The second-order valence-corrected chi connectivity index (χ2v) is 12.2. The molecule has 9 heteroatoms. The molecular weight excluding hydrogens is 548 g/mol. The third kappa shape index (κ3) is 8.92. The number of nitrogens with zero attached hydrogens (tertiary/aromatic N) is 2. The van der Waals surface area contributed by atoms with Crippen molar-refractivity contribution in [1.82, 2.24) is 9.80 Å². The van der Waals surface area contributed by atoms with Crippen LogP contribution in [0.3, 0.4) is 0 Å². The fraction of sp³-hybridized carbons (Fsp3) is 0.618. The van der Waals surface area contributed by atoms with Gasteiger partial charge in [0.25, 0.3) is 5.91 Å². The van der Waals surface area contributed by atoms with E-state index in [4.69, 9.17) is 9.47 Å². The molecule has 1 amide bonds. The molecule has 0 saturated carbocycles. The van der Waals surface area contributed by atoms with Crippen molar-refractivity contribution < 1.29 is 34.1 Å². The highest BCUT2D eigenvalue weighted by Gasteiger charge is 2.44. The Morgan fingerprint density at radius 2 is 1.91 bits per heavy atom. The quantitative estimate of drug-likeness (QED) is 0.150. The molecule has 1 unspecified atom stereocenters. The normalized spacial score (nSPS) is 20.4. The molecule has 0 aromatic heterocycles. The first kappa shape index (κ1) is 34.3. The molecule has 2 aliphatic heterocycles. The summed E-state index contributed by atoms with van der Waals surface area (Å²) in [7, 11) is 0. The molecular formula is C34H50N2O7. The number of benzene rings is 1. The highest BCUT2D eigenvalue weighted by atomic mass is 16.5. The predicted molar refractivity (Wildman–Crippen MR) is 166 cm³/mol. The number of ether oxygens (including phenoxy) is 2. The van der Waals surface area contributed by atoms with Gasteiger partial charge in [-0.2, -0.15) is 0 Å². The minimum atomic E-state index is -1.10. The van der Waals surface area contributed by atoms with Crippen molar-refractivity contribution in [3.8, 4) is 5.75 Å². The van der Waals surface area contributed by atoms with Crippen molar-refractivity contribution in [1.29, 1.82) is 0 Å². The average molecular weight is 599 g/mol. The van der Waals surface area contributed by atoms with Gasteiger partial charge in [0.1, 0.15) is 17.4 Å². The molecule has 0 bridgehead atoms. The summed E-state index contributed by atoms with van der Waals surface area (Å²) in [5.74, 6) is -1.21. The molecule has 1 aromatic rings. The predicted octanol–water partition coefficient (Wildman–Crippen LogP) is 5.29. The Morgan fingerprint density at radius 3 is 2.56 bits per heavy atom. The Hall–Kier alpha value is -3.17. The zero-order valence-electron chi connectivity index (χ0n) is 26.8. The zero-order valence-corrected chi connectivity index (χ0v) is 26.8. The van der Waals surface area contributed by atoms with Gasteiger partial charge in [0.15, 0.2) is 0 Å². The number of carboxylic acids is 1. The number of carbonyl (C=O) groups is 3. The number of hydrogen-bond acceptors (Lipinski definition) is 7. The van der Waals surface area contributed by atoms with E-state index in [1.165, 1.54) is 16.0 Å². The summed E-state index contributed by atoms with van der Waals surface area (Å²) < 4.78 is 11.8. The minimum absolute atomic E-state index is 0.0937. The Kier molecular flexibility index (Phi) is 12.4. The first-order valence-electron chi connectivity index (χ1n) is 15.6. The van der Waals surface area contributed by atoms with E-state index in [0.717, 1.165) is 37.9 Å². The molecule has 43 heavy (non-hydrogen) atoms. The third-order valence-electron chi connectivity index (χ3n) is 8.63. The van der Waals surface area contributed by atoms with Crippen molar-refractivity contribution >= 4 is 17.8 Å². The number of fused-ring (bicyclic) bond motifs is 3. The van der Waals surface area contributed by atoms with Gasteiger partial charge in [0, 0.05) is 17.5 Å². The smallest absolute Gasteiger partial charge is 0.326 e. The summed E-state index contributed by atoms with van der Waals surface area (Å²) in [4.78, 5) is 41.1. The van der Waals surface area contributed by atoms with E-state index in [0.29, 0.717) is 36.1 Å². The molecule has 0 radical (unpaired) electrons. The van der Waals surface area contributed by atoms with Crippen LogP contribution in [0, 0.1) is 0 Å². The molecule has 2 heterocycles. The molecule has 0 aliphatic carbocycles. The molecule has 0 saturated heterocycles. The Morgan fingerprint density at radius 1 is 1.19 bits per heavy atom. The number of carboxylic acid groups (broad SMARTS) is 1. The molecule has 0 spiro atoms. The maximum Gasteiger partial charge on any atom is 0.326 e. The van der Waals surface area contributed by atoms with Crippen molar-refractivity contribution in [3.63, 3.8) is 0 Å². The number of rotatable bonds is 16. The van der Waals surface area contributed by atoms with Gasteiger partial charge in [-0.25, -0.2) is 4.79 Å². The van der Waals surface area contributed by atoms with E-state index in [9.17, 15) is 24.6 Å². The van der Waals surface area contributed by atoms with Crippen LogP contribution in [0.15, 0.2) is 35.4 Å². The highest BCUT2D eigenvalue weighted by molar-refractivity contribution is 6.01. The molecule has 0 fully saturated rings. The molecule has 2 N–H and O–H groups in total. The lowest BCUT2D eigenvalue weighted by Crippen LogP contribution is -2.49. The lowest BCUT2D eigenvalue weighted by Gasteiger charge is -2.40. The average Bonchev–Trinajstić information content (AvgIpc) is 3.28. The first-order chi connectivity index (χ1) is 20.4. The Bertz CT molecular complexity index is 1220. The van der Waals surface area contributed by atoms with Crippen LogP contribution in [-0.2, 0) is 27.3 Å². The fourth-order valence-electron chi connectivity index (χ4n) is 5.76. The third-order valence-corrected chi connectivity index (χ3v) is 8.63. The lowest BCUT2D eigenvalue weighted by molar-refractivity contribution is -0.145. The first-order valence-corrected chi connectivity index (χ1v) is 15.6. The van der Waals surface area contributed by atoms with Crippen LogP contribution in [0.5, 0.6) is 5.75 Å². The number of aliphatic hydroxyl groups excluding tert-OH is 1. The minimum Gasteiger partial charge on any atom is -0.484 e. The number of aliphatic carboxylic acids is 1. The number of carbonyl (C=O) groups excluding carboxylic acids is 2. The summed E-state index contributed by atoms with van der Waals surface area (Å²) in [6, 6.07) is 2.45. The Balaban J connectivity index is 1.66. The zero-order chi connectivity index (χ0) is 31.7. The monoisotopic (exact) mass is 598 g/mol. The van der Waals surface area contributed by atoms with Crippen LogP contribution >= 0.6 is 0 Å². The van der Waals surface area contributed by atoms with Gasteiger partial charge in [0.05, 0.1) is 25.8 Å². The fourth-order valence-corrected chi connectivity index (χ4v) is 5.76. The topological polar surface area (TPSA) is 117 Å². The maximum absolute atomic E-state index is 13.4. The van der Waals surface area contributed by atoms with E-state index in [-0.39, 0.29) is 38.0 Å². The van der Waals surface area contributed by atoms with E-state index < -0.39 is 23.7 Å². The summed E-state index contributed by atoms with van der Waals surface area (Å²) in [5, 5.41) is 21.1. The van der Waals surface area contributed by atoms with E-state index in [1.54, 1.807) is 12.1 Å². The van der Waals surface area contributed by atoms with Crippen LogP contribution < -0.4 is 4.74 Å². The molecule has 1 aromatic carbocycles. The van der Waals surface area contributed by atoms with Crippen LogP contribution in [0.1, 0.15) is 102 Å². The number of allylic oxidation sites excluding steroid dienone is 4. The number of esters is 1. The highest BCUT2D eigenvalue weighted by Crippen LogP contribution is 2.43. The van der Waals surface area contributed by atoms with Gasteiger partial charge >= 0.3 is 11.9 Å². The van der Waals surface area contributed by atoms with E-state index in [1.807, 2.05) is 25.7 Å².